The number of aliphatic hydroxyl groups is 1. The van der Waals surface area contributed by atoms with E-state index >= 15 is 0 Å². The van der Waals surface area contributed by atoms with Gasteiger partial charge in [-0.1, -0.05) is 46.3 Å². The zero-order valence-corrected chi connectivity index (χ0v) is 11.7. The topological polar surface area (TPSA) is 33.1 Å². The molecule has 0 fully saturated rings. The molecule has 1 unspecified atom stereocenters. The van der Waals surface area contributed by atoms with Crippen molar-refractivity contribution in [3.63, 3.8) is 0 Å². The Morgan fingerprint density at radius 3 is 2.47 bits per heavy atom. The van der Waals surface area contributed by atoms with Gasteiger partial charge in [-0.05, 0) is 29.8 Å². The lowest BCUT2D eigenvalue weighted by atomic mass is 10.0. The van der Waals surface area contributed by atoms with Gasteiger partial charge in [0, 0.05) is 21.6 Å². The highest BCUT2D eigenvalue weighted by molar-refractivity contribution is 9.10. The first-order chi connectivity index (χ1) is 9.24. The third-order valence-corrected chi connectivity index (χ3v) is 3.64. The first-order valence-corrected chi connectivity index (χ1v) is 6.81. The average Bonchev–Trinajstić information content (AvgIpc) is 2.47. The van der Waals surface area contributed by atoms with Crippen molar-refractivity contribution in [3.8, 4) is 0 Å². The van der Waals surface area contributed by atoms with Gasteiger partial charge < -0.3 is 5.11 Å². The predicted molar refractivity (Wildman–Crippen MR) is 79.9 cm³/mol. The number of aromatic nitrogens is 1. The molecule has 1 aromatic heterocycles. The molecule has 0 aliphatic rings. The number of para-hydroxylation sites is 1. The molecule has 0 radical (unpaired) electrons. The normalized spacial score (nSPS) is 12.5. The van der Waals surface area contributed by atoms with Crippen LogP contribution in [0.15, 0.2) is 65.3 Å². The second-order valence-electron chi connectivity index (χ2n) is 4.42. The van der Waals surface area contributed by atoms with Gasteiger partial charge in [-0.2, -0.15) is 0 Å². The molecule has 3 aromatic rings. The maximum absolute atomic E-state index is 10.4. The highest BCUT2D eigenvalue weighted by Crippen LogP contribution is 2.25. The molecular formula is C16H12BrNO. The van der Waals surface area contributed by atoms with E-state index in [2.05, 4.69) is 20.9 Å². The fourth-order valence-corrected chi connectivity index (χ4v) is 2.34. The molecule has 0 amide bonds. The van der Waals surface area contributed by atoms with Crippen molar-refractivity contribution in [2.75, 3.05) is 0 Å². The molecule has 0 spiro atoms. The van der Waals surface area contributed by atoms with Gasteiger partial charge >= 0.3 is 0 Å². The van der Waals surface area contributed by atoms with Crippen LogP contribution >= 0.6 is 15.9 Å². The molecule has 3 heteroatoms. The van der Waals surface area contributed by atoms with E-state index in [1.54, 1.807) is 6.20 Å². The molecule has 2 nitrogen and oxygen atoms in total. The molecule has 94 valence electrons. The van der Waals surface area contributed by atoms with Gasteiger partial charge in [0.2, 0.25) is 0 Å². The van der Waals surface area contributed by atoms with Crippen LogP contribution < -0.4 is 0 Å². The summed E-state index contributed by atoms with van der Waals surface area (Å²) in [5.41, 5.74) is 2.61. The Bertz CT molecular complexity index is 709. The van der Waals surface area contributed by atoms with Crippen molar-refractivity contribution in [2.45, 2.75) is 6.10 Å². The van der Waals surface area contributed by atoms with E-state index in [-0.39, 0.29) is 0 Å². The minimum Gasteiger partial charge on any atom is -0.384 e. The number of halogens is 1. The number of rotatable bonds is 2. The van der Waals surface area contributed by atoms with E-state index in [0.29, 0.717) is 0 Å². The van der Waals surface area contributed by atoms with Gasteiger partial charge in [0.25, 0.3) is 0 Å². The van der Waals surface area contributed by atoms with Crippen LogP contribution in [-0.4, -0.2) is 10.1 Å². The molecule has 2 aromatic carbocycles. The van der Waals surface area contributed by atoms with Gasteiger partial charge in [0.05, 0.1) is 5.52 Å². The number of fused-ring (bicyclic) bond motifs is 1. The lowest BCUT2D eigenvalue weighted by molar-refractivity contribution is 0.220. The standard InChI is InChI=1S/C16H12BrNO/c17-14-7-5-11(6-8-14)16(19)13-9-12-3-1-2-4-15(12)18-10-13/h1-10,16,19H. The van der Waals surface area contributed by atoms with E-state index < -0.39 is 6.10 Å². The van der Waals surface area contributed by atoms with Crippen LogP contribution in [-0.2, 0) is 0 Å². The molecule has 3 rings (SSSR count). The van der Waals surface area contributed by atoms with Gasteiger partial charge in [0.15, 0.2) is 0 Å². The van der Waals surface area contributed by atoms with E-state index in [1.807, 2.05) is 54.6 Å². The summed E-state index contributed by atoms with van der Waals surface area (Å²) >= 11 is 3.39. The zero-order valence-electron chi connectivity index (χ0n) is 10.1. The van der Waals surface area contributed by atoms with Crippen molar-refractivity contribution in [2.24, 2.45) is 0 Å². The molecule has 1 N–H and O–H groups in total. The first kappa shape index (κ1) is 12.3. The van der Waals surface area contributed by atoms with Crippen LogP contribution in [0.25, 0.3) is 10.9 Å². The van der Waals surface area contributed by atoms with E-state index in [1.165, 1.54) is 0 Å². The van der Waals surface area contributed by atoms with Crippen molar-refractivity contribution in [1.29, 1.82) is 0 Å². The average molecular weight is 314 g/mol. The second kappa shape index (κ2) is 5.11. The molecule has 0 saturated heterocycles. The van der Waals surface area contributed by atoms with Crippen LogP contribution in [0.2, 0.25) is 0 Å². The molecule has 0 aliphatic heterocycles. The Balaban J connectivity index is 2.01. The molecule has 19 heavy (non-hydrogen) atoms. The van der Waals surface area contributed by atoms with Crippen molar-refractivity contribution >= 4 is 26.8 Å². The highest BCUT2D eigenvalue weighted by atomic mass is 79.9. The predicted octanol–water partition coefficient (Wildman–Crippen LogP) is 4.08. The number of hydrogen-bond donors (Lipinski definition) is 1. The van der Waals surface area contributed by atoms with Crippen LogP contribution in [0.4, 0.5) is 0 Å². The fraction of sp³-hybridized carbons (Fsp3) is 0.0625. The highest BCUT2D eigenvalue weighted by Gasteiger charge is 2.11. The molecule has 1 heterocycles. The first-order valence-electron chi connectivity index (χ1n) is 6.02. The number of hydrogen-bond acceptors (Lipinski definition) is 2. The molecule has 1 atom stereocenters. The maximum atomic E-state index is 10.4. The quantitative estimate of drug-likeness (QED) is 0.773. The lowest BCUT2D eigenvalue weighted by Gasteiger charge is -2.12. The Morgan fingerprint density at radius 1 is 0.947 bits per heavy atom. The molecular weight excluding hydrogens is 302 g/mol. The van der Waals surface area contributed by atoms with Crippen molar-refractivity contribution in [3.05, 3.63) is 76.4 Å². The smallest absolute Gasteiger partial charge is 0.106 e. The summed E-state index contributed by atoms with van der Waals surface area (Å²) in [5.74, 6) is 0. The summed E-state index contributed by atoms with van der Waals surface area (Å²) in [6.07, 6.45) is 1.08. The molecule has 0 bridgehead atoms. The van der Waals surface area contributed by atoms with Gasteiger partial charge in [-0.25, -0.2) is 0 Å². The maximum Gasteiger partial charge on any atom is 0.106 e. The number of benzene rings is 2. The molecule has 0 saturated carbocycles. The van der Waals surface area contributed by atoms with Crippen LogP contribution in [0.5, 0.6) is 0 Å². The zero-order chi connectivity index (χ0) is 13.2. The Morgan fingerprint density at radius 2 is 1.68 bits per heavy atom. The SMILES string of the molecule is OC(c1ccc(Br)cc1)c1cnc2ccccc2c1. The fourth-order valence-electron chi connectivity index (χ4n) is 2.08. The summed E-state index contributed by atoms with van der Waals surface area (Å²) in [7, 11) is 0. The Hall–Kier alpha value is -1.71. The third-order valence-electron chi connectivity index (χ3n) is 3.11. The summed E-state index contributed by atoms with van der Waals surface area (Å²) in [6.45, 7) is 0. The summed E-state index contributed by atoms with van der Waals surface area (Å²) < 4.78 is 1.00. The minimum absolute atomic E-state index is 0.648. The number of pyridine rings is 1. The minimum atomic E-state index is -0.648. The van der Waals surface area contributed by atoms with E-state index in [4.69, 9.17) is 0 Å². The Labute approximate surface area is 119 Å². The van der Waals surface area contributed by atoms with Crippen LogP contribution in [0.3, 0.4) is 0 Å². The van der Waals surface area contributed by atoms with E-state index in [9.17, 15) is 5.11 Å². The second-order valence-corrected chi connectivity index (χ2v) is 5.33. The third kappa shape index (κ3) is 2.53. The number of aliphatic hydroxyl groups excluding tert-OH is 1. The van der Waals surface area contributed by atoms with Gasteiger partial charge in [-0.3, -0.25) is 4.98 Å². The van der Waals surface area contributed by atoms with E-state index in [0.717, 1.165) is 26.5 Å². The lowest BCUT2D eigenvalue weighted by Crippen LogP contribution is -2.00. The monoisotopic (exact) mass is 313 g/mol. The summed E-state index contributed by atoms with van der Waals surface area (Å²) in [4.78, 5) is 4.38. The van der Waals surface area contributed by atoms with Crippen molar-refractivity contribution in [1.82, 2.24) is 4.98 Å². The largest absolute Gasteiger partial charge is 0.384 e. The van der Waals surface area contributed by atoms with Gasteiger partial charge in [-0.15, -0.1) is 0 Å². The summed E-state index contributed by atoms with van der Waals surface area (Å²) in [5, 5.41) is 11.4. The van der Waals surface area contributed by atoms with Crippen LogP contribution in [0, 0.1) is 0 Å². The number of nitrogens with zero attached hydrogens (tertiary/aromatic N) is 1. The Kier molecular flexibility index (Phi) is 3.32. The van der Waals surface area contributed by atoms with Crippen molar-refractivity contribution < 1.29 is 5.11 Å². The van der Waals surface area contributed by atoms with Gasteiger partial charge in [0.1, 0.15) is 6.10 Å². The molecule has 0 aliphatic carbocycles. The summed E-state index contributed by atoms with van der Waals surface area (Å²) in [6, 6.07) is 17.5. The van der Waals surface area contributed by atoms with Crippen LogP contribution in [0.1, 0.15) is 17.2 Å².